The van der Waals surface area contributed by atoms with Gasteiger partial charge in [0.05, 0.1) is 42.0 Å². The summed E-state index contributed by atoms with van der Waals surface area (Å²) in [5.41, 5.74) is 4.49. The molecule has 0 unspecified atom stereocenters. The summed E-state index contributed by atoms with van der Waals surface area (Å²) in [6.07, 6.45) is 5.52. The summed E-state index contributed by atoms with van der Waals surface area (Å²) >= 11 is 6.41. The second-order valence-electron chi connectivity index (χ2n) is 7.22. The van der Waals surface area contributed by atoms with Gasteiger partial charge in [-0.1, -0.05) is 29.8 Å². The van der Waals surface area contributed by atoms with E-state index in [-0.39, 0.29) is 6.10 Å². The number of para-hydroxylation sites is 2. The number of anilines is 2. The van der Waals surface area contributed by atoms with E-state index in [9.17, 15) is 0 Å². The zero-order valence-electron chi connectivity index (χ0n) is 16.1. The van der Waals surface area contributed by atoms with Crippen LogP contribution in [-0.2, 0) is 4.74 Å². The van der Waals surface area contributed by atoms with Crippen LogP contribution in [0.3, 0.4) is 0 Å². The predicted octanol–water partition coefficient (Wildman–Crippen LogP) is 5.15. The van der Waals surface area contributed by atoms with Gasteiger partial charge in [0.25, 0.3) is 0 Å². The quantitative estimate of drug-likeness (QED) is 0.506. The van der Waals surface area contributed by atoms with Gasteiger partial charge in [0, 0.05) is 12.8 Å². The SMILES string of the molecule is Cc1cccc(Cl)c1Nc1nc2cccc(OC3CCOCC3)c2n2cncc12. The Morgan fingerprint density at radius 1 is 1.17 bits per heavy atom. The predicted molar refractivity (Wildman–Crippen MR) is 114 cm³/mol. The number of aryl methyl sites for hydroxylation is 1. The van der Waals surface area contributed by atoms with Crippen molar-refractivity contribution in [3.8, 4) is 5.75 Å². The molecule has 29 heavy (non-hydrogen) atoms. The minimum absolute atomic E-state index is 0.150. The number of hydrogen-bond donors (Lipinski definition) is 1. The number of rotatable bonds is 4. The average molecular weight is 409 g/mol. The van der Waals surface area contributed by atoms with Crippen LogP contribution in [0.4, 0.5) is 11.5 Å². The molecule has 1 N–H and O–H groups in total. The molecule has 4 aromatic rings. The van der Waals surface area contributed by atoms with E-state index < -0.39 is 0 Å². The van der Waals surface area contributed by atoms with Crippen LogP contribution in [0.25, 0.3) is 16.6 Å². The zero-order chi connectivity index (χ0) is 19.8. The Labute approximate surface area is 173 Å². The third-order valence-electron chi connectivity index (χ3n) is 5.26. The highest BCUT2D eigenvalue weighted by Crippen LogP contribution is 2.34. The van der Waals surface area contributed by atoms with Crippen LogP contribution >= 0.6 is 11.6 Å². The molecule has 1 fully saturated rings. The minimum Gasteiger partial charge on any atom is -0.488 e. The molecule has 0 atom stereocenters. The maximum atomic E-state index is 6.41. The van der Waals surface area contributed by atoms with Gasteiger partial charge in [0.15, 0.2) is 5.82 Å². The van der Waals surface area contributed by atoms with Crippen molar-refractivity contribution in [3.63, 3.8) is 0 Å². The van der Waals surface area contributed by atoms with E-state index in [4.69, 9.17) is 26.1 Å². The molecule has 6 nitrogen and oxygen atoms in total. The third kappa shape index (κ3) is 3.39. The van der Waals surface area contributed by atoms with E-state index in [1.807, 2.05) is 47.7 Å². The van der Waals surface area contributed by atoms with Crippen LogP contribution in [0.5, 0.6) is 5.75 Å². The van der Waals surface area contributed by atoms with E-state index in [0.717, 1.165) is 59.6 Å². The standard InChI is InChI=1S/C22H21ClN4O2/c1-14-4-2-5-16(23)20(14)26-22-18-12-24-13-27(18)21-17(25-22)6-3-7-19(21)29-15-8-10-28-11-9-15/h2-7,12-13,15H,8-11H2,1H3,(H,25,26). The molecular weight excluding hydrogens is 388 g/mol. The number of nitrogens with zero attached hydrogens (tertiary/aromatic N) is 3. The maximum absolute atomic E-state index is 6.41. The highest BCUT2D eigenvalue weighted by molar-refractivity contribution is 6.33. The van der Waals surface area contributed by atoms with Crippen molar-refractivity contribution in [2.75, 3.05) is 18.5 Å². The molecule has 7 heteroatoms. The second kappa shape index (κ2) is 7.54. The summed E-state index contributed by atoms with van der Waals surface area (Å²) in [4.78, 5) is 9.23. The molecule has 1 aliphatic rings. The first kappa shape index (κ1) is 18.2. The zero-order valence-corrected chi connectivity index (χ0v) is 16.8. The lowest BCUT2D eigenvalue weighted by molar-refractivity contribution is 0.0261. The molecule has 0 amide bonds. The number of benzene rings is 2. The van der Waals surface area contributed by atoms with Crippen LogP contribution in [0.2, 0.25) is 5.02 Å². The molecule has 0 aliphatic carbocycles. The largest absolute Gasteiger partial charge is 0.488 e. The van der Waals surface area contributed by atoms with Crippen molar-refractivity contribution in [2.24, 2.45) is 0 Å². The summed E-state index contributed by atoms with van der Waals surface area (Å²) in [6.45, 7) is 3.49. The highest BCUT2D eigenvalue weighted by Gasteiger charge is 2.19. The van der Waals surface area contributed by atoms with Gasteiger partial charge in [-0.25, -0.2) is 9.97 Å². The summed E-state index contributed by atoms with van der Waals surface area (Å²) in [5.74, 6) is 1.51. The van der Waals surface area contributed by atoms with E-state index >= 15 is 0 Å². The Morgan fingerprint density at radius 3 is 2.83 bits per heavy atom. The first-order valence-corrected chi connectivity index (χ1v) is 10.1. The molecule has 5 rings (SSSR count). The summed E-state index contributed by atoms with van der Waals surface area (Å²) in [5, 5.41) is 4.06. The smallest absolute Gasteiger partial charge is 0.157 e. The Bertz CT molecular complexity index is 1160. The molecule has 0 spiro atoms. The number of imidazole rings is 1. The van der Waals surface area contributed by atoms with Crippen molar-refractivity contribution >= 4 is 39.7 Å². The summed E-state index contributed by atoms with van der Waals surface area (Å²) in [7, 11) is 0. The number of hydrogen-bond acceptors (Lipinski definition) is 5. The lowest BCUT2D eigenvalue weighted by Crippen LogP contribution is -2.26. The normalized spacial score (nSPS) is 15.1. The first-order chi connectivity index (χ1) is 14.2. The van der Waals surface area contributed by atoms with Gasteiger partial charge in [0.2, 0.25) is 0 Å². The number of aromatic nitrogens is 3. The molecule has 2 aromatic carbocycles. The molecule has 148 valence electrons. The van der Waals surface area contributed by atoms with E-state index in [2.05, 4.69) is 10.3 Å². The van der Waals surface area contributed by atoms with Gasteiger partial charge < -0.3 is 14.8 Å². The Kier molecular flexibility index (Phi) is 4.73. The minimum atomic E-state index is 0.150. The van der Waals surface area contributed by atoms with Crippen molar-refractivity contribution in [1.82, 2.24) is 14.4 Å². The molecular formula is C22H21ClN4O2. The lowest BCUT2D eigenvalue weighted by Gasteiger charge is -2.24. The summed E-state index contributed by atoms with van der Waals surface area (Å²) < 4.78 is 13.8. The van der Waals surface area contributed by atoms with Crippen molar-refractivity contribution < 1.29 is 9.47 Å². The fraction of sp³-hybridized carbons (Fsp3) is 0.273. The van der Waals surface area contributed by atoms with Crippen LogP contribution in [0.15, 0.2) is 48.9 Å². The third-order valence-corrected chi connectivity index (χ3v) is 5.57. The molecule has 2 aromatic heterocycles. The van der Waals surface area contributed by atoms with Crippen LogP contribution in [-0.4, -0.2) is 33.7 Å². The van der Waals surface area contributed by atoms with Crippen molar-refractivity contribution in [2.45, 2.75) is 25.9 Å². The molecule has 0 saturated carbocycles. The van der Waals surface area contributed by atoms with E-state index in [1.54, 1.807) is 12.5 Å². The molecule has 0 bridgehead atoms. The van der Waals surface area contributed by atoms with Gasteiger partial charge >= 0.3 is 0 Å². The molecule has 1 aliphatic heterocycles. The van der Waals surface area contributed by atoms with Gasteiger partial charge in [0.1, 0.15) is 22.9 Å². The van der Waals surface area contributed by atoms with Gasteiger partial charge in [-0.2, -0.15) is 0 Å². The summed E-state index contributed by atoms with van der Waals surface area (Å²) in [6, 6.07) is 11.8. The van der Waals surface area contributed by atoms with Crippen molar-refractivity contribution in [3.05, 3.63) is 59.5 Å². The van der Waals surface area contributed by atoms with Crippen molar-refractivity contribution in [1.29, 1.82) is 0 Å². The first-order valence-electron chi connectivity index (χ1n) is 9.72. The van der Waals surface area contributed by atoms with E-state index in [1.165, 1.54) is 0 Å². The van der Waals surface area contributed by atoms with Gasteiger partial charge in [-0.3, -0.25) is 4.40 Å². The fourth-order valence-electron chi connectivity index (χ4n) is 3.74. The van der Waals surface area contributed by atoms with Gasteiger partial charge in [-0.05, 0) is 30.7 Å². The topological polar surface area (TPSA) is 60.7 Å². The molecule has 1 saturated heterocycles. The Morgan fingerprint density at radius 2 is 2.00 bits per heavy atom. The Balaban J connectivity index is 1.61. The van der Waals surface area contributed by atoms with Gasteiger partial charge in [-0.15, -0.1) is 0 Å². The van der Waals surface area contributed by atoms with Crippen LogP contribution in [0.1, 0.15) is 18.4 Å². The second-order valence-corrected chi connectivity index (χ2v) is 7.63. The fourth-order valence-corrected chi connectivity index (χ4v) is 4.01. The highest BCUT2D eigenvalue weighted by atomic mass is 35.5. The average Bonchev–Trinajstić information content (AvgIpc) is 3.22. The molecule has 3 heterocycles. The maximum Gasteiger partial charge on any atom is 0.157 e. The molecule has 0 radical (unpaired) electrons. The van der Waals surface area contributed by atoms with Crippen LogP contribution in [0, 0.1) is 6.92 Å². The number of ether oxygens (including phenoxy) is 2. The Hall–Kier alpha value is -2.83. The van der Waals surface area contributed by atoms with Crippen LogP contribution < -0.4 is 10.1 Å². The number of nitrogens with one attached hydrogen (secondary N) is 1. The number of fused-ring (bicyclic) bond motifs is 3. The lowest BCUT2D eigenvalue weighted by atomic mass is 10.1. The number of halogens is 1. The van der Waals surface area contributed by atoms with E-state index in [0.29, 0.717) is 10.8 Å². The monoisotopic (exact) mass is 408 g/mol.